The summed E-state index contributed by atoms with van der Waals surface area (Å²) in [4.78, 5) is 12.1. The van der Waals surface area contributed by atoms with Crippen LogP contribution in [0.3, 0.4) is 0 Å². The number of nitrogens with one attached hydrogen (secondary N) is 1. The van der Waals surface area contributed by atoms with Gasteiger partial charge < -0.3 is 5.32 Å². The molecule has 2 aromatic carbocycles. The molecule has 0 aliphatic heterocycles. The number of carbonyl (C=O) groups is 1. The van der Waals surface area contributed by atoms with E-state index in [0.717, 1.165) is 5.56 Å². The molecule has 0 saturated carbocycles. The summed E-state index contributed by atoms with van der Waals surface area (Å²) in [5.41, 5.74) is 2.61. The normalized spacial score (nSPS) is 10.8. The minimum Gasteiger partial charge on any atom is -0.322 e. The summed E-state index contributed by atoms with van der Waals surface area (Å²) in [5.74, 6) is -0.321. The van der Waals surface area contributed by atoms with Gasteiger partial charge in [-0.05, 0) is 35.4 Å². The predicted molar refractivity (Wildman–Crippen MR) is 88.7 cm³/mol. The first kappa shape index (κ1) is 16.7. The van der Waals surface area contributed by atoms with Gasteiger partial charge in [0.1, 0.15) is 0 Å². The van der Waals surface area contributed by atoms with Crippen LogP contribution in [0.2, 0.25) is 0 Å². The van der Waals surface area contributed by atoms with Crippen LogP contribution in [0, 0.1) is 11.3 Å². The number of hydrogen-bond acceptors (Lipinski definition) is 4. The first-order valence-corrected chi connectivity index (χ1v) is 8.97. The molecule has 118 valence electrons. The Bertz CT molecular complexity index is 833. The van der Waals surface area contributed by atoms with Crippen LogP contribution in [-0.2, 0) is 22.0 Å². The highest BCUT2D eigenvalue weighted by Gasteiger charge is 2.08. The molecule has 0 aliphatic carbocycles. The SMILES string of the molecule is CS(=O)(=O)Cc1ccc(C(=O)Nc2ccc(CC#N)cc2)cc1. The molecule has 1 amide bonds. The van der Waals surface area contributed by atoms with Gasteiger partial charge >= 0.3 is 0 Å². The fourth-order valence-electron chi connectivity index (χ4n) is 2.06. The van der Waals surface area contributed by atoms with E-state index in [9.17, 15) is 13.2 Å². The zero-order valence-corrected chi connectivity index (χ0v) is 13.4. The maximum absolute atomic E-state index is 12.1. The van der Waals surface area contributed by atoms with Gasteiger partial charge in [0.25, 0.3) is 5.91 Å². The van der Waals surface area contributed by atoms with Crippen molar-refractivity contribution in [1.82, 2.24) is 0 Å². The van der Waals surface area contributed by atoms with Gasteiger partial charge in [0.15, 0.2) is 9.84 Å². The summed E-state index contributed by atoms with van der Waals surface area (Å²) in [6.45, 7) is 0. The Morgan fingerprint density at radius 1 is 1.04 bits per heavy atom. The average molecular weight is 328 g/mol. The fourth-order valence-corrected chi connectivity index (χ4v) is 2.85. The number of carbonyl (C=O) groups excluding carboxylic acids is 1. The molecule has 2 rings (SSSR count). The number of anilines is 1. The molecule has 23 heavy (non-hydrogen) atoms. The summed E-state index contributed by atoms with van der Waals surface area (Å²) >= 11 is 0. The third-order valence-corrected chi connectivity index (χ3v) is 4.00. The molecule has 0 radical (unpaired) electrons. The number of benzene rings is 2. The molecule has 0 saturated heterocycles. The maximum Gasteiger partial charge on any atom is 0.255 e. The van der Waals surface area contributed by atoms with E-state index in [4.69, 9.17) is 5.26 Å². The number of hydrogen-bond donors (Lipinski definition) is 1. The highest BCUT2D eigenvalue weighted by molar-refractivity contribution is 7.89. The van der Waals surface area contributed by atoms with Gasteiger partial charge in [-0.3, -0.25) is 4.79 Å². The zero-order valence-electron chi connectivity index (χ0n) is 12.6. The quantitative estimate of drug-likeness (QED) is 0.913. The van der Waals surface area contributed by atoms with Crippen molar-refractivity contribution < 1.29 is 13.2 Å². The smallest absolute Gasteiger partial charge is 0.255 e. The minimum atomic E-state index is -3.09. The summed E-state index contributed by atoms with van der Waals surface area (Å²) in [7, 11) is -3.09. The topological polar surface area (TPSA) is 87.0 Å². The van der Waals surface area contributed by atoms with Crippen molar-refractivity contribution in [3.63, 3.8) is 0 Å². The maximum atomic E-state index is 12.1. The molecule has 5 nitrogen and oxygen atoms in total. The number of amides is 1. The summed E-state index contributed by atoms with van der Waals surface area (Å²) < 4.78 is 22.5. The van der Waals surface area contributed by atoms with Crippen molar-refractivity contribution in [2.45, 2.75) is 12.2 Å². The second kappa shape index (κ2) is 7.07. The molecular weight excluding hydrogens is 312 g/mol. The largest absolute Gasteiger partial charge is 0.322 e. The van der Waals surface area contributed by atoms with Gasteiger partial charge in [-0.1, -0.05) is 24.3 Å². The van der Waals surface area contributed by atoms with E-state index < -0.39 is 9.84 Å². The van der Waals surface area contributed by atoms with Crippen LogP contribution in [0.4, 0.5) is 5.69 Å². The molecule has 0 aromatic heterocycles. The van der Waals surface area contributed by atoms with Crippen LogP contribution in [0.15, 0.2) is 48.5 Å². The predicted octanol–water partition coefficient (Wildman–Crippen LogP) is 2.55. The lowest BCUT2D eigenvalue weighted by atomic mass is 10.1. The van der Waals surface area contributed by atoms with Crippen molar-refractivity contribution >= 4 is 21.4 Å². The van der Waals surface area contributed by atoms with Gasteiger partial charge in [0, 0.05) is 17.5 Å². The molecule has 0 atom stereocenters. The lowest BCUT2D eigenvalue weighted by molar-refractivity contribution is 0.102. The van der Waals surface area contributed by atoms with Gasteiger partial charge in [0.2, 0.25) is 0 Å². The molecule has 6 heteroatoms. The van der Waals surface area contributed by atoms with Crippen LogP contribution < -0.4 is 5.32 Å². The summed E-state index contributed by atoms with van der Waals surface area (Å²) in [6.07, 6.45) is 1.50. The van der Waals surface area contributed by atoms with Crippen molar-refractivity contribution in [3.05, 3.63) is 65.2 Å². The van der Waals surface area contributed by atoms with Gasteiger partial charge in [-0.15, -0.1) is 0 Å². The van der Waals surface area contributed by atoms with Crippen molar-refractivity contribution in [2.24, 2.45) is 0 Å². The summed E-state index contributed by atoms with van der Waals surface area (Å²) in [5, 5.41) is 11.4. The Kier molecular flexibility index (Phi) is 5.14. The van der Waals surface area contributed by atoms with Crippen LogP contribution in [-0.4, -0.2) is 20.6 Å². The Morgan fingerprint density at radius 2 is 1.61 bits per heavy atom. The van der Waals surface area contributed by atoms with E-state index in [1.54, 1.807) is 48.5 Å². The van der Waals surface area contributed by atoms with Crippen LogP contribution in [0.1, 0.15) is 21.5 Å². The monoisotopic (exact) mass is 328 g/mol. The number of sulfone groups is 1. The van der Waals surface area contributed by atoms with Crippen LogP contribution >= 0.6 is 0 Å². The molecule has 0 spiro atoms. The zero-order chi connectivity index (χ0) is 16.9. The van der Waals surface area contributed by atoms with Crippen molar-refractivity contribution in [1.29, 1.82) is 5.26 Å². The first-order chi connectivity index (χ1) is 10.9. The molecule has 0 unspecified atom stereocenters. The molecule has 0 bridgehead atoms. The molecule has 2 aromatic rings. The molecule has 0 fully saturated rings. The third-order valence-electron chi connectivity index (χ3n) is 3.14. The Balaban J connectivity index is 2.04. The first-order valence-electron chi connectivity index (χ1n) is 6.91. The summed E-state index contributed by atoms with van der Waals surface area (Å²) in [6, 6.07) is 15.6. The van der Waals surface area contributed by atoms with E-state index in [1.807, 2.05) is 0 Å². The second-order valence-electron chi connectivity index (χ2n) is 5.25. The van der Waals surface area contributed by atoms with E-state index in [0.29, 0.717) is 23.2 Å². The highest BCUT2D eigenvalue weighted by atomic mass is 32.2. The fraction of sp³-hybridized carbons (Fsp3) is 0.176. The van der Waals surface area contributed by atoms with Gasteiger partial charge in [-0.25, -0.2) is 8.42 Å². The minimum absolute atomic E-state index is 0.0464. The Hall–Kier alpha value is -2.65. The van der Waals surface area contributed by atoms with Crippen LogP contribution in [0.25, 0.3) is 0 Å². The number of nitriles is 1. The lowest BCUT2D eigenvalue weighted by Crippen LogP contribution is -2.12. The second-order valence-corrected chi connectivity index (χ2v) is 7.39. The van der Waals surface area contributed by atoms with Crippen LogP contribution in [0.5, 0.6) is 0 Å². The lowest BCUT2D eigenvalue weighted by Gasteiger charge is -2.07. The Labute approximate surface area is 135 Å². The van der Waals surface area contributed by atoms with Crippen molar-refractivity contribution in [3.8, 4) is 6.07 Å². The van der Waals surface area contributed by atoms with E-state index in [1.165, 1.54) is 6.26 Å². The third kappa shape index (κ3) is 5.24. The average Bonchev–Trinajstić information content (AvgIpc) is 2.48. The standard InChI is InChI=1S/C17H16N2O3S/c1-23(21,22)12-14-2-6-15(7-3-14)17(20)19-16-8-4-13(5-9-16)10-11-18/h2-9H,10,12H2,1H3,(H,19,20). The Morgan fingerprint density at radius 3 is 2.13 bits per heavy atom. The van der Waals surface area contributed by atoms with Crippen molar-refractivity contribution in [2.75, 3.05) is 11.6 Å². The van der Waals surface area contributed by atoms with Gasteiger partial charge in [0.05, 0.1) is 18.2 Å². The highest BCUT2D eigenvalue weighted by Crippen LogP contribution is 2.13. The van der Waals surface area contributed by atoms with E-state index in [-0.39, 0.29) is 11.7 Å². The molecule has 0 aliphatic rings. The molecule has 0 heterocycles. The number of rotatable bonds is 5. The molecule has 1 N–H and O–H groups in total. The number of nitrogens with zero attached hydrogens (tertiary/aromatic N) is 1. The van der Waals surface area contributed by atoms with Gasteiger partial charge in [-0.2, -0.15) is 5.26 Å². The van der Waals surface area contributed by atoms with E-state index in [2.05, 4.69) is 11.4 Å². The van der Waals surface area contributed by atoms with E-state index >= 15 is 0 Å². The molecular formula is C17H16N2O3S.